The Hall–Kier alpha value is -3.55. The van der Waals surface area contributed by atoms with Gasteiger partial charge in [-0.3, -0.25) is 14.5 Å². The van der Waals surface area contributed by atoms with Crippen molar-refractivity contribution in [2.45, 2.75) is 44.3 Å². The number of aliphatic carboxylic acids is 1. The van der Waals surface area contributed by atoms with E-state index in [1.54, 1.807) is 11.0 Å². The summed E-state index contributed by atoms with van der Waals surface area (Å²) in [5, 5.41) is 10.1. The quantitative estimate of drug-likeness (QED) is 0.404. The number of aryl methyl sites for hydroxylation is 1. The van der Waals surface area contributed by atoms with E-state index in [0.29, 0.717) is 23.6 Å². The second-order valence-electron chi connectivity index (χ2n) is 9.04. The third kappa shape index (κ3) is 6.24. The standard InChI is InChI=1S/C28H27Cl2N3O4/c29-23-12-11-21(15-24(23)30)33(28(31)37)25(13-10-18-6-2-1-3-7-18)27(36)32-17-20-9-5-4-8-19(20)14-22(32)16-26(34)35/h1-9,11-12,15,22,25H,10,13-14,16-17H2,(H2,31,37)(H,34,35)/t22-,25+/m1/s1. The second kappa shape index (κ2) is 11.7. The van der Waals surface area contributed by atoms with Crippen molar-refractivity contribution in [3.05, 3.63) is 99.5 Å². The van der Waals surface area contributed by atoms with Crippen LogP contribution in [-0.4, -0.2) is 40.0 Å². The highest BCUT2D eigenvalue weighted by molar-refractivity contribution is 6.42. The van der Waals surface area contributed by atoms with E-state index in [-0.39, 0.29) is 30.3 Å². The van der Waals surface area contributed by atoms with Gasteiger partial charge < -0.3 is 15.7 Å². The lowest BCUT2D eigenvalue weighted by Crippen LogP contribution is -2.56. The number of rotatable bonds is 8. The number of hydrogen-bond acceptors (Lipinski definition) is 3. The van der Waals surface area contributed by atoms with Gasteiger partial charge in [-0.15, -0.1) is 0 Å². The van der Waals surface area contributed by atoms with Gasteiger partial charge in [-0.25, -0.2) is 4.79 Å². The van der Waals surface area contributed by atoms with Crippen LogP contribution in [0.1, 0.15) is 29.5 Å². The first-order valence-corrected chi connectivity index (χ1v) is 12.7. The first kappa shape index (κ1) is 26.5. The molecule has 3 N–H and O–H groups in total. The van der Waals surface area contributed by atoms with Crippen molar-refractivity contribution >= 4 is 46.8 Å². The summed E-state index contributed by atoms with van der Waals surface area (Å²) < 4.78 is 0. The molecule has 0 radical (unpaired) electrons. The van der Waals surface area contributed by atoms with E-state index in [0.717, 1.165) is 16.7 Å². The lowest BCUT2D eigenvalue weighted by molar-refractivity contribution is -0.142. The smallest absolute Gasteiger partial charge is 0.320 e. The summed E-state index contributed by atoms with van der Waals surface area (Å²) in [6.07, 6.45) is 0.956. The number of carboxylic acids is 1. The van der Waals surface area contributed by atoms with Crippen LogP contribution in [0.15, 0.2) is 72.8 Å². The molecule has 0 saturated heterocycles. The molecule has 0 aliphatic carbocycles. The van der Waals surface area contributed by atoms with Crippen LogP contribution < -0.4 is 10.6 Å². The molecule has 0 bridgehead atoms. The van der Waals surface area contributed by atoms with Gasteiger partial charge in [0.15, 0.2) is 0 Å². The van der Waals surface area contributed by atoms with Crippen LogP contribution in [0.2, 0.25) is 10.0 Å². The average Bonchev–Trinajstić information content (AvgIpc) is 2.87. The number of halogens is 2. The van der Waals surface area contributed by atoms with Crippen molar-refractivity contribution in [1.82, 2.24) is 4.90 Å². The van der Waals surface area contributed by atoms with Gasteiger partial charge in [-0.1, -0.05) is 77.8 Å². The molecule has 192 valence electrons. The fraction of sp³-hybridized carbons (Fsp3) is 0.250. The zero-order valence-electron chi connectivity index (χ0n) is 20.0. The van der Waals surface area contributed by atoms with Crippen LogP contribution in [0.4, 0.5) is 10.5 Å². The lowest BCUT2D eigenvalue weighted by Gasteiger charge is -2.40. The Kier molecular flexibility index (Phi) is 8.36. The fourth-order valence-electron chi connectivity index (χ4n) is 4.83. The number of carbonyl (C=O) groups is 3. The summed E-state index contributed by atoms with van der Waals surface area (Å²) in [6.45, 7) is 0.239. The molecule has 3 aromatic rings. The van der Waals surface area contributed by atoms with E-state index < -0.39 is 24.1 Å². The molecule has 0 fully saturated rings. The molecule has 4 rings (SSSR count). The topological polar surface area (TPSA) is 104 Å². The maximum absolute atomic E-state index is 14.2. The molecule has 0 spiro atoms. The number of anilines is 1. The molecule has 0 saturated carbocycles. The normalized spacial score (nSPS) is 15.5. The van der Waals surface area contributed by atoms with Crippen molar-refractivity contribution in [3.63, 3.8) is 0 Å². The summed E-state index contributed by atoms with van der Waals surface area (Å²) in [4.78, 5) is 41.5. The molecule has 1 heterocycles. The van der Waals surface area contributed by atoms with Crippen LogP contribution in [0.5, 0.6) is 0 Å². The average molecular weight is 540 g/mol. The Morgan fingerprint density at radius 2 is 1.65 bits per heavy atom. The summed E-state index contributed by atoms with van der Waals surface area (Å²) in [5.74, 6) is -1.37. The third-order valence-electron chi connectivity index (χ3n) is 6.61. The SMILES string of the molecule is NC(=O)N(c1ccc(Cl)c(Cl)c1)[C@@H](CCc1ccccc1)C(=O)N1Cc2ccccc2C[C@@H]1CC(=O)O. The fourth-order valence-corrected chi connectivity index (χ4v) is 5.12. The van der Waals surface area contributed by atoms with Gasteiger partial charge in [-0.2, -0.15) is 0 Å². The van der Waals surface area contributed by atoms with Crippen molar-refractivity contribution in [2.24, 2.45) is 5.73 Å². The molecule has 3 aromatic carbocycles. The highest BCUT2D eigenvalue weighted by Crippen LogP contribution is 2.32. The van der Waals surface area contributed by atoms with E-state index >= 15 is 0 Å². The third-order valence-corrected chi connectivity index (χ3v) is 7.35. The van der Waals surface area contributed by atoms with Crippen LogP contribution in [0, 0.1) is 0 Å². The molecule has 1 aliphatic heterocycles. The molecule has 1 aliphatic rings. The Balaban J connectivity index is 1.74. The van der Waals surface area contributed by atoms with E-state index in [2.05, 4.69) is 0 Å². The number of fused-ring (bicyclic) bond motifs is 1. The number of carboxylic acid groups (broad SMARTS) is 1. The van der Waals surface area contributed by atoms with Gasteiger partial charge >= 0.3 is 12.0 Å². The second-order valence-corrected chi connectivity index (χ2v) is 9.85. The van der Waals surface area contributed by atoms with Crippen LogP contribution in [-0.2, 0) is 29.0 Å². The van der Waals surface area contributed by atoms with Crippen molar-refractivity contribution in [2.75, 3.05) is 4.90 Å². The van der Waals surface area contributed by atoms with E-state index in [4.69, 9.17) is 28.9 Å². The van der Waals surface area contributed by atoms with Gasteiger partial charge in [0.2, 0.25) is 5.91 Å². The molecule has 37 heavy (non-hydrogen) atoms. The first-order valence-electron chi connectivity index (χ1n) is 11.9. The zero-order chi connectivity index (χ0) is 26.5. The molecule has 0 aromatic heterocycles. The van der Waals surface area contributed by atoms with Gasteiger partial charge in [0, 0.05) is 18.3 Å². The minimum atomic E-state index is -1.00. The van der Waals surface area contributed by atoms with E-state index in [9.17, 15) is 19.5 Å². The molecule has 2 atom stereocenters. The molecule has 9 heteroatoms. The van der Waals surface area contributed by atoms with E-state index in [1.165, 1.54) is 17.0 Å². The number of benzene rings is 3. The summed E-state index contributed by atoms with van der Waals surface area (Å²) in [7, 11) is 0. The number of amides is 3. The van der Waals surface area contributed by atoms with Crippen molar-refractivity contribution in [1.29, 1.82) is 0 Å². The Bertz CT molecular complexity index is 1300. The lowest BCUT2D eigenvalue weighted by atomic mass is 9.91. The number of hydrogen-bond donors (Lipinski definition) is 2. The summed E-state index contributed by atoms with van der Waals surface area (Å²) in [5.41, 5.74) is 9.11. The number of urea groups is 1. The minimum Gasteiger partial charge on any atom is -0.481 e. The Morgan fingerprint density at radius 3 is 2.30 bits per heavy atom. The molecule has 3 amide bonds. The molecular formula is C28H27Cl2N3O4. The number of primary amides is 1. The zero-order valence-corrected chi connectivity index (χ0v) is 21.5. The Labute approximate surface area is 225 Å². The maximum Gasteiger partial charge on any atom is 0.320 e. The molecule has 7 nitrogen and oxygen atoms in total. The van der Waals surface area contributed by atoms with Gasteiger partial charge in [0.05, 0.1) is 16.5 Å². The van der Waals surface area contributed by atoms with Gasteiger partial charge in [-0.05, 0) is 54.2 Å². The maximum atomic E-state index is 14.2. The molecular weight excluding hydrogens is 513 g/mol. The van der Waals surface area contributed by atoms with Gasteiger partial charge in [0.25, 0.3) is 0 Å². The first-order chi connectivity index (χ1) is 17.7. The summed E-state index contributed by atoms with van der Waals surface area (Å²) >= 11 is 12.3. The number of nitrogens with zero attached hydrogens (tertiary/aromatic N) is 2. The van der Waals surface area contributed by atoms with Crippen LogP contribution >= 0.6 is 23.2 Å². The monoisotopic (exact) mass is 539 g/mol. The minimum absolute atomic E-state index is 0.213. The largest absolute Gasteiger partial charge is 0.481 e. The van der Waals surface area contributed by atoms with Crippen molar-refractivity contribution in [3.8, 4) is 0 Å². The predicted molar refractivity (Wildman–Crippen MR) is 144 cm³/mol. The van der Waals surface area contributed by atoms with Crippen molar-refractivity contribution < 1.29 is 19.5 Å². The summed E-state index contributed by atoms with van der Waals surface area (Å²) in [6, 6.07) is 19.5. The number of carbonyl (C=O) groups excluding carboxylic acids is 2. The Morgan fingerprint density at radius 1 is 0.973 bits per heavy atom. The molecule has 0 unspecified atom stereocenters. The van der Waals surface area contributed by atoms with E-state index in [1.807, 2.05) is 54.6 Å². The van der Waals surface area contributed by atoms with Gasteiger partial charge in [0.1, 0.15) is 6.04 Å². The predicted octanol–water partition coefficient (Wildman–Crippen LogP) is 5.31. The highest BCUT2D eigenvalue weighted by atomic mass is 35.5. The highest BCUT2D eigenvalue weighted by Gasteiger charge is 2.38. The van der Waals surface area contributed by atoms with Crippen LogP contribution in [0.25, 0.3) is 0 Å². The van der Waals surface area contributed by atoms with Crippen LogP contribution in [0.3, 0.4) is 0 Å². The number of nitrogens with two attached hydrogens (primary N) is 1.